The number of aromatic nitrogens is 6. The molecule has 0 atom stereocenters. The van der Waals surface area contributed by atoms with Gasteiger partial charge in [0.1, 0.15) is 23.9 Å². The Balaban J connectivity index is 1.48. The fourth-order valence-electron chi connectivity index (χ4n) is 4.47. The van der Waals surface area contributed by atoms with Crippen LogP contribution in [0.1, 0.15) is 44.3 Å². The highest BCUT2D eigenvalue weighted by Gasteiger charge is 2.26. The van der Waals surface area contributed by atoms with E-state index in [9.17, 15) is 4.79 Å². The highest BCUT2D eigenvalue weighted by molar-refractivity contribution is 5.88. The van der Waals surface area contributed by atoms with Crippen LogP contribution in [0.5, 0.6) is 0 Å². The van der Waals surface area contributed by atoms with E-state index >= 15 is 0 Å². The van der Waals surface area contributed by atoms with E-state index in [2.05, 4.69) is 35.2 Å². The topological polar surface area (TPSA) is 94.9 Å². The number of imidazole rings is 1. The number of fused-ring (bicyclic) bond motifs is 1. The SMILES string of the molecule is CC(C)n1cnnc1-c1cccc(-c2coc3cc(N(C)C)c(-n4cnc(C5CC5)c4)cc3c2=O)n1. The molecule has 0 saturated heterocycles. The van der Waals surface area contributed by atoms with Crippen LogP contribution in [0.25, 0.3) is 39.4 Å². The summed E-state index contributed by atoms with van der Waals surface area (Å²) in [7, 11) is 3.95. The lowest BCUT2D eigenvalue weighted by molar-refractivity contribution is 0.602. The number of hydrogen-bond acceptors (Lipinski definition) is 7. The van der Waals surface area contributed by atoms with E-state index in [1.807, 2.05) is 64.8 Å². The van der Waals surface area contributed by atoms with Crippen LogP contribution in [0.3, 0.4) is 0 Å². The number of benzene rings is 1. The monoisotopic (exact) mass is 481 g/mol. The van der Waals surface area contributed by atoms with Crippen molar-refractivity contribution in [2.24, 2.45) is 0 Å². The van der Waals surface area contributed by atoms with E-state index in [1.54, 1.807) is 6.33 Å². The van der Waals surface area contributed by atoms with Gasteiger partial charge in [0.05, 0.1) is 40.0 Å². The van der Waals surface area contributed by atoms with Gasteiger partial charge in [-0.15, -0.1) is 10.2 Å². The van der Waals surface area contributed by atoms with Crippen molar-refractivity contribution in [1.82, 2.24) is 29.3 Å². The van der Waals surface area contributed by atoms with Gasteiger partial charge in [-0.1, -0.05) is 6.07 Å². The van der Waals surface area contributed by atoms with Crippen molar-refractivity contribution < 1.29 is 4.42 Å². The summed E-state index contributed by atoms with van der Waals surface area (Å²) in [5, 5.41) is 8.77. The molecular weight excluding hydrogens is 454 g/mol. The van der Waals surface area contributed by atoms with E-state index in [0.29, 0.717) is 39.7 Å². The molecule has 0 amide bonds. The summed E-state index contributed by atoms with van der Waals surface area (Å²) in [6.07, 6.45) is 9.43. The van der Waals surface area contributed by atoms with Crippen LogP contribution in [0, 0.1) is 0 Å². The first-order valence-electron chi connectivity index (χ1n) is 12.1. The Labute approximate surface area is 208 Å². The van der Waals surface area contributed by atoms with Gasteiger partial charge >= 0.3 is 0 Å². The Morgan fingerprint density at radius 3 is 2.67 bits per heavy atom. The lowest BCUT2D eigenvalue weighted by Gasteiger charge is -2.18. The van der Waals surface area contributed by atoms with Gasteiger partial charge in [-0.05, 0) is 44.9 Å². The Kier molecular flexibility index (Phi) is 5.21. The molecule has 4 heterocycles. The quantitative estimate of drug-likeness (QED) is 0.343. The molecule has 0 radical (unpaired) electrons. The lowest BCUT2D eigenvalue weighted by Crippen LogP contribution is -2.14. The Bertz CT molecular complexity index is 1640. The molecule has 4 aromatic heterocycles. The van der Waals surface area contributed by atoms with Gasteiger partial charge in [-0.3, -0.25) is 4.79 Å². The third-order valence-electron chi connectivity index (χ3n) is 6.61. The first kappa shape index (κ1) is 22.2. The van der Waals surface area contributed by atoms with E-state index in [-0.39, 0.29) is 11.5 Å². The summed E-state index contributed by atoms with van der Waals surface area (Å²) in [5.74, 6) is 1.20. The van der Waals surface area contributed by atoms with Gasteiger partial charge in [0.15, 0.2) is 5.82 Å². The van der Waals surface area contributed by atoms with Gasteiger partial charge in [0.2, 0.25) is 5.43 Å². The molecule has 9 heteroatoms. The molecule has 36 heavy (non-hydrogen) atoms. The minimum absolute atomic E-state index is 0.139. The summed E-state index contributed by atoms with van der Waals surface area (Å²) in [6.45, 7) is 4.12. The number of hydrogen-bond donors (Lipinski definition) is 0. The van der Waals surface area contributed by atoms with Gasteiger partial charge in [-0.25, -0.2) is 9.97 Å². The zero-order valence-corrected chi connectivity index (χ0v) is 20.7. The Morgan fingerprint density at radius 2 is 1.92 bits per heavy atom. The predicted molar refractivity (Wildman–Crippen MR) is 139 cm³/mol. The smallest absolute Gasteiger partial charge is 0.202 e. The molecule has 6 rings (SSSR count). The van der Waals surface area contributed by atoms with Gasteiger partial charge in [0.25, 0.3) is 0 Å². The summed E-state index contributed by atoms with van der Waals surface area (Å²) in [4.78, 5) is 25.1. The zero-order valence-electron chi connectivity index (χ0n) is 20.7. The van der Waals surface area contributed by atoms with Crippen LogP contribution in [0.15, 0.2) is 64.7 Å². The molecular formula is C27H27N7O2. The lowest BCUT2D eigenvalue weighted by atomic mass is 10.1. The second-order valence-corrected chi connectivity index (χ2v) is 9.75. The number of rotatable bonds is 6. The van der Waals surface area contributed by atoms with E-state index < -0.39 is 0 Å². The van der Waals surface area contributed by atoms with Gasteiger partial charge in [-0.2, -0.15) is 0 Å². The zero-order chi connectivity index (χ0) is 25.0. The number of anilines is 1. The molecule has 0 unspecified atom stereocenters. The highest BCUT2D eigenvalue weighted by atomic mass is 16.3. The highest BCUT2D eigenvalue weighted by Crippen LogP contribution is 2.39. The fraction of sp³-hybridized carbons (Fsp3) is 0.296. The molecule has 5 aromatic rings. The minimum Gasteiger partial charge on any atom is -0.463 e. The van der Waals surface area contributed by atoms with Crippen molar-refractivity contribution in [3.8, 4) is 28.5 Å². The summed E-state index contributed by atoms with van der Waals surface area (Å²) in [6, 6.07) is 9.52. The van der Waals surface area contributed by atoms with Crippen molar-refractivity contribution in [1.29, 1.82) is 0 Å². The summed E-state index contributed by atoms with van der Waals surface area (Å²) in [5.41, 5.74) is 4.86. The predicted octanol–water partition coefficient (Wildman–Crippen LogP) is 4.82. The van der Waals surface area contributed by atoms with Crippen LogP contribution in [0.2, 0.25) is 0 Å². The molecule has 1 aliphatic rings. The standard InChI is InChI=1S/C27H27N7O2/c1-16(2)34-15-29-31-27(34)21-7-5-6-20(30-21)19-13-36-25-11-23(32(3)4)24(10-18(25)26(19)35)33-12-22(28-14-33)17-8-9-17/h5-7,10-17H,8-9H2,1-4H3. The molecule has 0 aliphatic heterocycles. The first-order valence-corrected chi connectivity index (χ1v) is 12.1. The van der Waals surface area contributed by atoms with Crippen molar-refractivity contribution >= 4 is 16.7 Å². The molecule has 182 valence electrons. The van der Waals surface area contributed by atoms with Crippen molar-refractivity contribution in [3.63, 3.8) is 0 Å². The average Bonchev–Trinajstić information content (AvgIpc) is 3.39. The fourth-order valence-corrected chi connectivity index (χ4v) is 4.47. The maximum Gasteiger partial charge on any atom is 0.202 e. The first-order chi connectivity index (χ1) is 17.4. The Morgan fingerprint density at radius 1 is 1.11 bits per heavy atom. The maximum absolute atomic E-state index is 13.7. The van der Waals surface area contributed by atoms with E-state index in [0.717, 1.165) is 17.1 Å². The third-order valence-corrected chi connectivity index (χ3v) is 6.61. The molecule has 0 spiro atoms. The summed E-state index contributed by atoms with van der Waals surface area (Å²) >= 11 is 0. The van der Waals surface area contributed by atoms with Crippen molar-refractivity contribution in [3.05, 3.63) is 71.4 Å². The van der Waals surface area contributed by atoms with Crippen LogP contribution in [-0.2, 0) is 0 Å². The normalized spacial score (nSPS) is 13.6. The molecule has 1 saturated carbocycles. The van der Waals surface area contributed by atoms with Crippen LogP contribution in [-0.4, -0.2) is 43.4 Å². The van der Waals surface area contributed by atoms with Gasteiger partial charge in [0, 0.05) is 38.3 Å². The van der Waals surface area contributed by atoms with Crippen molar-refractivity contribution in [2.75, 3.05) is 19.0 Å². The number of pyridine rings is 1. The van der Waals surface area contributed by atoms with E-state index in [4.69, 9.17) is 9.40 Å². The molecule has 1 fully saturated rings. The van der Waals surface area contributed by atoms with Crippen LogP contribution in [0.4, 0.5) is 5.69 Å². The van der Waals surface area contributed by atoms with Gasteiger partial charge < -0.3 is 18.5 Å². The molecule has 9 nitrogen and oxygen atoms in total. The summed E-state index contributed by atoms with van der Waals surface area (Å²) < 4.78 is 9.92. The molecule has 1 aromatic carbocycles. The molecule has 0 N–H and O–H groups in total. The van der Waals surface area contributed by atoms with E-state index in [1.165, 1.54) is 19.1 Å². The molecule has 0 bridgehead atoms. The minimum atomic E-state index is -0.139. The largest absolute Gasteiger partial charge is 0.463 e. The number of nitrogens with zero attached hydrogens (tertiary/aromatic N) is 7. The molecule has 1 aliphatic carbocycles. The van der Waals surface area contributed by atoms with Crippen LogP contribution >= 0.6 is 0 Å². The third kappa shape index (κ3) is 3.77. The van der Waals surface area contributed by atoms with Crippen LogP contribution < -0.4 is 10.3 Å². The van der Waals surface area contributed by atoms with Crippen molar-refractivity contribution in [2.45, 2.75) is 38.6 Å². The second-order valence-electron chi connectivity index (χ2n) is 9.75. The average molecular weight is 482 g/mol. The maximum atomic E-state index is 13.7. The Hall–Kier alpha value is -4.27. The second kappa shape index (κ2) is 8.44.